The van der Waals surface area contributed by atoms with Gasteiger partial charge >= 0.3 is 0 Å². The summed E-state index contributed by atoms with van der Waals surface area (Å²) < 4.78 is 13.4. The maximum atomic E-state index is 13.4. The largest absolute Gasteiger partial charge is 0.349 e. The van der Waals surface area contributed by atoms with Crippen LogP contribution in [0, 0.1) is 25.6 Å². The maximum absolute atomic E-state index is 13.4. The molecule has 28 heavy (non-hydrogen) atoms. The smallest absolute Gasteiger partial charge is 0.253 e. The fraction of sp³-hybridized carbons (Fsp3) is 0.391. The third kappa shape index (κ3) is 4.77. The van der Waals surface area contributed by atoms with E-state index in [0.29, 0.717) is 18.7 Å². The molecular formula is C23H27FN2O2. The van der Waals surface area contributed by atoms with Gasteiger partial charge in [-0.2, -0.15) is 0 Å². The summed E-state index contributed by atoms with van der Waals surface area (Å²) in [5.74, 6) is -0.682. The van der Waals surface area contributed by atoms with Crippen LogP contribution in [0.15, 0.2) is 42.5 Å². The van der Waals surface area contributed by atoms with Crippen molar-refractivity contribution in [2.75, 3.05) is 13.1 Å². The van der Waals surface area contributed by atoms with Gasteiger partial charge in [-0.15, -0.1) is 0 Å². The van der Waals surface area contributed by atoms with Crippen LogP contribution < -0.4 is 5.32 Å². The van der Waals surface area contributed by atoms with Gasteiger partial charge in [-0.05, 0) is 63.4 Å². The van der Waals surface area contributed by atoms with Gasteiger partial charge in [0.1, 0.15) is 5.82 Å². The highest BCUT2D eigenvalue weighted by Gasteiger charge is 2.29. The van der Waals surface area contributed by atoms with Crippen molar-refractivity contribution in [1.82, 2.24) is 10.2 Å². The van der Waals surface area contributed by atoms with Crippen molar-refractivity contribution in [2.24, 2.45) is 5.92 Å². The number of carbonyl (C=O) groups is 2. The Kier molecular flexibility index (Phi) is 6.12. The van der Waals surface area contributed by atoms with E-state index in [-0.39, 0.29) is 29.6 Å². The van der Waals surface area contributed by atoms with E-state index < -0.39 is 0 Å². The number of nitrogens with zero attached hydrogens (tertiary/aromatic N) is 1. The molecule has 2 amide bonds. The summed E-state index contributed by atoms with van der Waals surface area (Å²) in [6.45, 7) is 6.87. The molecule has 2 aromatic carbocycles. The highest BCUT2D eigenvalue weighted by Crippen LogP contribution is 2.22. The molecule has 2 atom stereocenters. The molecular weight excluding hydrogens is 355 g/mol. The summed E-state index contributed by atoms with van der Waals surface area (Å²) in [6.07, 6.45) is 1.54. The molecule has 1 aliphatic rings. The number of likely N-dealkylation sites (tertiary alicyclic amines) is 1. The van der Waals surface area contributed by atoms with Crippen molar-refractivity contribution in [3.05, 3.63) is 70.5 Å². The monoisotopic (exact) mass is 382 g/mol. The summed E-state index contributed by atoms with van der Waals surface area (Å²) in [6, 6.07) is 11.8. The average Bonchev–Trinajstić information content (AvgIpc) is 2.66. The third-order valence-corrected chi connectivity index (χ3v) is 5.26. The molecule has 0 radical (unpaired) electrons. The van der Waals surface area contributed by atoms with Gasteiger partial charge in [0.25, 0.3) is 5.91 Å². The molecule has 0 saturated carbocycles. The van der Waals surface area contributed by atoms with Crippen LogP contribution in [0.3, 0.4) is 0 Å². The second kappa shape index (κ2) is 8.55. The molecule has 1 fully saturated rings. The van der Waals surface area contributed by atoms with Crippen molar-refractivity contribution in [3.8, 4) is 0 Å². The van der Waals surface area contributed by atoms with Crippen LogP contribution in [0.5, 0.6) is 0 Å². The summed E-state index contributed by atoms with van der Waals surface area (Å²) in [5, 5.41) is 2.97. The Morgan fingerprint density at radius 3 is 2.54 bits per heavy atom. The highest BCUT2D eigenvalue weighted by molar-refractivity contribution is 5.95. The Labute approximate surface area is 165 Å². The minimum absolute atomic E-state index is 0.0255. The predicted octanol–water partition coefficient (Wildman–Crippen LogP) is 4.17. The number of piperidine rings is 1. The Balaban J connectivity index is 1.65. The number of amides is 2. The Hall–Kier alpha value is -2.69. The number of hydrogen-bond donors (Lipinski definition) is 1. The van der Waals surface area contributed by atoms with Gasteiger partial charge in [0.05, 0.1) is 12.0 Å². The van der Waals surface area contributed by atoms with Crippen LogP contribution in [0.2, 0.25) is 0 Å². The molecule has 5 heteroatoms. The lowest BCUT2D eigenvalue weighted by molar-refractivity contribution is -0.127. The fourth-order valence-electron chi connectivity index (χ4n) is 3.85. The molecule has 0 bridgehead atoms. The van der Waals surface area contributed by atoms with Crippen LogP contribution in [0.1, 0.15) is 52.9 Å². The Morgan fingerprint density at radius 2 is 1.86 bits per heavy atom. The number of aryl methyl sites for hydroxylation is 2. The first-order chi connectivity index (χ1) is 13.3. The average molecular weight is 382 g/mol. The van der Waals surface area contributed by atoms with E-state index in [9.17, 15) is 14.0 Å². The molecule has 1 aliphatic heterocycles. The fourth-order valence-corrected chi connectivity index (χ4v) is 3.85. The Morgan fingerprint density at radius 1 is 1.14 bits per heavy atom. The molecule has 2 aromatic rings. The lowest BCUT2D eigenvalue weighted by Crippen LogP contribution is -2.45. The molecule has 1 N–H and O–H groups in total. The van der Waals surface area contributed by atoms with Gasteiger partial charge in [0.15, 0.2) is 0 Å². The van der Waals surface area contributed by atoms with Crippen molar-refractivity contribution in [1.29, 1.82) is 0 Å². The summed E-state index contributed by atoms with van der Waals surface area (Å²) in [7, 11) is 0. The molecule has 1 heterocycles. The normalized spacial score (nSPS) is 17.9. The van der Waals surface area contributed by atoms with Crippen molar-refractivity contribution in [3.63, 3.8) is 0 Å². The predicted molar refractivity (Wildman–Crippen MR) is 108 cm³/mol. The van der Waals surface area contributed by atoms with E-state index in [2.05, 4.69) is 5.32 Å². The van der Waals surface area contributed by atoms with E-state index in [0.717, 1.165) is 29.5 Å². The zero-order valence-corrected chi connectivity index (χ0v) is 16.7. The van der Waals surface area contributed by atoms with Gasteiger partial charge < -0.3 is 10.2 Å². The van der Waals surface area contributed by atoms with Crippen LogP contribution in [0.4, 0.5) is 4.39 Å². The standard InChI is InChI=1S/C23H27FN2O2/c1-15-10-16(2)12-20(11-15)23(28)26-9-5-7-19(14-26)22(27)25-17(3)18-6-4-8-21(24)13-18/h4,6,8,10-13,17,19H,5,7,9,14H2,1-3H3,(H,25,27)/t17-,19-/m0/s1. The number of halogens is 1. The van der Waals surface area contributed by atoms with E-state index in [1.807, 2.05) is 39.0 Å². The minimum Gasteiger partial charge on any atom is -0.349 e. The third-order valence-electron chi connectivity index (χ3n) is 5.26. The molecule has 0 spiro atoms. The number of benzene rings is 2. The molecule has 148 valence electrons. The van der Waals surface area contributed by atoms with Crippen LogP contribution in [-0.4, -0.2) is 29.8 Å². The van der Waals surface area contributed by atoms with Gasteiger partial charge in [-0.25, -0.2) is 4.39 Å². The topological polar surface area (TPSA) is 49.4 Å². The maximum Gasteiger partial charge on any atom is 0.253 e. The quantitative estimate of drug-likeness (QED) is 0.863. The number of hydrogen-bond acceptors (Lipinski definition) is 2. The van der Waals surface area contributed by atoms with E-state index in [4.69, 9.17) is 0 Å². The summed E-state index contributed by atoms with van der Waals surface area (Å²) >= 11 is 0. The van der Waals surface area contributed by atoms with Crippen LogP contribution >= 0.6 is 0 Å². The van der Waals surface area contributed by atoms with Crippen molar-refractivity contribution in [2.45, 2.75) is 39.7 Å². The zero-order chi connectivity index (χ0) is 20.3. The lowest BCUT2D eigenvalue weighted by Gasteiger charge is -2.33. The van der Waals surface area contributed by atoms with Gasteiger partial charge in [0, 0.05) is 18.7 Å². The first kappa shape index (κ1) is 20.1. The van der Waals surface area contributed by atoms with Crippen molar-refractivity contribution >= 4 is 11.8 Å². The van der Waals surface area contributed by atoms with Gasteiger partial charge in [0.2, 0.25) is 5.91 Å². The second-order valence-corrected chi connectivity index (χ2v) is 7.75. The molecule has 0 aromatic heterocycles. The molecule has 4 nitrogen and oxygen atoms in total. The summed E-state index contributed by atoms with van der Waals surface area (Å²) in [5.41, 5.74) is 3.51. The van der Waals surface area contributed by atoms with E-state index in [1.165, 1.54) is 12.1 Å². The molecule has 3 rings (SSSR count). The minimum atomic E-state index is -0.318. The number of nitrogens with one attached hydrogen (secondary N) is 1. The highest BCUT2D eigenvalue weighted by atomic mass is 19.1. The first-order valence-corrected chi connectivity index (χ1v) is 9.77. The van der Waals surface area contributed by atoms with Crippen molar-refractivity contribution < 1.29 is 14.0 Å². The molecule has 0 aliphatic carbocycles. The zero-order valence-electron chi connectivity index (χ0n) is 16.7. The molecule has 0 unspecified atom stereocenters. The number of carbonyl (C=O) groups excluding carboxylic acids is 2. The second-order valence-electron chi connectivity index (χ2n) is 7.75. The first-order valence-electron chi connectivity index (χ1n) is 9.77. The lowest BCUT2D eigenvalue weighted by atomic mass is 9.95. The number of rotatable bonds is 4. The molecule has 1 saturated heterocycles. The van der Waals surface area contributed by atoms with Gasteiger partial charge in [-0.1, -0.05) is 29.3 Å². The van der Waals surface area contributed by atoms with Crippen LogP contribution in [0.25, 0.3) is 0 Å². The van der Waals surface area contributed by atoms with E-state index >= 15 is 0 Å². The SMILES string of the molecule is Cc1cc(C)cc(C(=O)N2CCC[C@H](C(=O)N[C@@H](C)c3cccc(F)c3)C2)c1. The summed E-state index contributed by atoms with van der Waals surface area (Å²) in [4.78, 5) is 27.4. The van der Waals surface area contributed by atoms with Gasteiger partial charge in [-0.3, -0.25) is 9.59 Å². The van der Waals surface area contributed by atoms with Crippen LogP contribution in [-0.2, 0) is 4.79 Å². The van der Waals surface area contributed by atoms with E-state index in [1.54, 1.807) is 17.0 Å². The Bertz CT molecular complexity index is 860.